The maximum atomic E-state index is 13.6. The molecule has 0 aromatic heterocycles. The van der Waals surface area contributed by atoms with Crippen LogP contribution in [-0.4, -0.2) is 26.7 Å². The highest BCUT2D eigenvalue weighted by Gasteiger charge is 2.58. The van der Waals surface area contributed by atoms with Crippen LogP contribution in [-0.2, 0) is 9.16 Å². The maximum absolute atomic E-state index is 13.6. The zero-order valence-corrected chi connectivity index (χ0v) is 14.6. The highest BCUT2D eigenvalue weighted by Crippen LogP contribution is 2.39. The summed E-state index contributed by atoms with van der Waals surface area (Å²) in [7, 11) is -2.66. The zero-order valence-electron chi connectivity index (χ0n) is 13.6. The van der Waals surface area contributed by atoms with E-state index in [1.165, 1.54) is 6.07 Å². The van der Waals surface area contributed by atoms with E-state index in [-0.39, 0.29) is 12.4 Å². The number of hydrogen-bond donors (Lipinski definition) is 0. The Labute approximate surface area is 135 Å². The Kier molecular flexibility index (Phi) is 6.02. The molecule has 1 rings (SSSR count). The van der Waals surface area contributed by atoms with Crippen molar-refractivity contribution in [3.8, 4) is 6.07 Å². The van der Waals surface area contributed by atoms with Gasteiger partial charge in [-0.3, -0.25) is 0 Å². The molecule has 0 amide bonds. The summed E-state index contributed by atoms with van der Waals surface area (Å²) in [6.07, 6.45) is -4.14. The summed E-state index contributed by atoms with van der Waals surface area (Å²) in [6.45, 7) is 6.63. The van der Waals surface area contributed by atoms with Crippen LogP contribution in [0.2, 0.25) is 19.6 Å². The largest absolute Gasteiger partial charge is 0.493 e. The van der Waals surface area contributed by atoms with Gasteiger partial charge >= 0.3 is 6.18 Å². The third-order valence-corrected chi connectivity index (χ3v) is 3.68. The Bertz CT molecular complexity index is 588. The Hall–Kier alpha value is -1.78. The molecule has 1 aromatic carbocycles. The normalized spacial score (nSPS) is 15.7. The van der Waals surface area contributed by atoms with E-state index in [9.17, 15) is 18.4 Å². The highest BCUT2D eigenvalue weighted by atomic mass is 28.4. The summed E-state index contributed by atoms with van der Waals surface area (Å²) in [5, 5.41) is 9.27. The maximum Gasteiger partial charge on any atom is 0.434 e. The summed E-state index contributed by atoms with van der Waals surface area (Å²) in [4.78, 5) is 0. The lowest BCUT2D eigenvalue weighted by atomic mass is 10.0. The first-order valence-corrected chi connectivity index (χ1v) is 10.5. The molecule has 0 aliphatic heterocycles. The molecule has 0 saturated heterocycles. The van der Waals surface area contributed by atoms with Crippen molar-refractivity contribution in [1.82, 2.24) is 0 Å². The van der Waals surface area contributed by atoms with Crippen molar-refractivity contribution in [2.75, 3.05) is 6.61 Å². The molecule has 1 unspecified atom stereocenters. The fourth-order valence-electron chi connectivity index (χ4n) is 1.92. The van der Waals surface area contributed by atoms with Gasteiger partial charge in [0, 0.05) is 11.6 Å². The van der Waals surface area contributed by atoms with Gasteiger partial charge < -0.3 is 9.16 Å². The second-order valence-electron chi connectivity index (χ2n) is 5.87. The molecule has 0 spiro atoms. The smallest absolute Gasteiger partial charge is 0.434 e. The SMILES string of the molecule is CCO/C(=C\C(C#N)(O[Si](C)(C)C)C(F)(F)F)c1ccccc1. The van der Waals surface area contributed by atoms with E-state index in [1.807, 2.05) is 0 Å². The molecule has 0 bridgehead atoms. The summed E-state index contributed by atoms with van der Waals surface area (Å²) in [5.41, 5.74) is -2.57. The lowest BCUT2D eigenvalue weighted by Gasteiger charge is -2.33. The van der Waals surface area contributed by atoms with E-state index in [0.717, 1.165) is 6.08 Å². The van der Waals surface area contributed by atoms with Gasteiger partial charge in [-0.15, -0.1) is 0 Å². The molecule has 23 heavy (non-hydrogen) atoms. The van der Waals surface area contributed by atoms with Crippen molar-refractivity contribution in [3.05, 3.63) is 42.0 Å². The third kappa shape index (κ3) is 5.11. The number of nitrogens with zero attached hydrogens (tertiary/aromatic N) is 1. The molecule has 126 valence electrons. The number of benzene rings is 1. The fraction of sp³-hybridized carbons (Fsp3) is 0.438. The van der Waals surface area contributed by atoms with E-state index in [0.29, 0.717) is 5.56 Å². The lowest BCUT2D eigenvalue weighted by molar-refractivity contribution is -0.210. The lowest BCUT2D eigenvalue weighted by Crippen LogP contribution is -2.51. The van der Waals surface area contributed by atoms with E-state index in [2.05, 4.69) is 0 Å². The Morgan fingerprint density at radius 1 is 1.22 bits per heavy atom. The first kappa shape index (κ1) is 19.3. The van der Waals surface area contributed by atoms with Crippen molar-refractivity contribution in [2.24, 2.45) is 0 Å². The van der Waals surface area contributed by atoms with Gasteiger partial charge in [0.25, 0.3) is 5.60 Å². The minimum absolute atomic E-state index is 0.0229. The van der Waals surface area contributed by atoms with Gasteiger partial charge in [-0.05, 0) is 26.6 Å². The van der Waals surface area contributed by atoms with Crippen LogP contribution in [0.1, 0.15) is 12.5 Å². The quantitative estimate of drug-likeness (QED) is 0.553. The fourth-order valence-corrected chi connectivity index (χ4v) is 3.11. The minimum atomic E-state index is -4.88. The molecule has 0 saturated carbocycles. The van der Waals surface area contributed by atoms with Gasteiger partial charge in [-0.25, -0.2) is 0 Å². The highest BCUT2D eigenvalue weighted by molar-refractivity contribution is 6.69. The predicted octanol–water partition coefficient (Wildman–Crippen LogP) is 4.74. The molecular formula is C16H20F3NO2Si. The zero-order chi connectivity index (χ0) is 17.7. The van der Waals surface area contributed by atoms with Crippen molar-refractivity contribution in [2.45, 2.75) is 38.3 Å². The van der Waals surface area contributed by atoms with Gasteiger partial charge in [0.15, 0.2) is 8.32 Å². The summed E-state index contributed by atoms with van der Waals surface area (Å²) >= 11 is 0. The predicted molar refractivity (Wildman–Crippen MR) is 84.9 cm³/mol. The number of hydrogen-bond acceptors (Lipinski definition) is 3. The monoisotopic (exact) mass is 343 g/mol. The second kappa shape index (κ2) is 7.19. The van der Waals surface area contributed by atoms with Crippen LogP contribution in [0.3, 0.4) is 0 Å². The Balaban J connectivity index is 3.48. The molecule has 3 nitrogen and oxygen atoms in total. The number of nitriles is 1. The summed E-state index contributed by atoms with van der Waals surface area (Å²) in [5.74, 6) is -0.0229. The van der Waals surface area contributed by atoms with Crippen molar-refractivity contribution in [1.29, 1.82) is 5.26 Å². The van der Waals surface area contributed by atoms with Gasteiger partial charge in [-0.1, -0.05) is 30.3 Å². The molecule has 0 N–H and O–H groups in total. The van der Waals surface area contributed by atoms with Gasteiger partial charge in [0.05, 0.1) is 6.61 Å². The molecule has 0 heterocycles. The average Bonchev–Trinajstić information content (AvgIpc) is 2.44. The summed E-state index contributed by atoms with van der Waals surface area (Å²) < 4.78 is 51.4. The van der Waals surface area contributed by atoms with E-state index in [4.69, 9.17) is 9.16 Å². The van der Waals surface area contributed by atoms with Gasteiger partial charge in [0.2, 0.25) is 0 Å². The van der Waals surface area contributed by atoms with Gasteiger partial charge in [-0.2, -0.15) is 18.4 Å². The molecule has 1 atom stereocenters. The number of alkyl halides is 3. The van der Waals surface area contributed by atoms with Crippen LogP contribution in [0.15, 0.2) is 36.4 Å². The third-order valence-electron chi connectivity index (χ3n) is 2.75. The minimum Gasteiger partial charge on any atom is -0.493 e. The molecular weight excluding hydrogens is 323 g/mol. The molecule has 0 fully saturated rings. The van der Waals surface area contributed by atoms with E-state index >= 15 is 0 Å². The number of halogens is 3. The van der Waals surface area contributed by atoms with Gasteiger partial charge in [0.1, 0.15) is 11.8 Å². The molecule has 0 aliphatic carbocycles. The first-order valence-electron chi connectivity index (χ1n) is 7.14. The number of ether oxygens (including phenoxy) is 1. The molecule has 0 radical (unpaired) electrons. The van der Waals surface area contributed by atoms with Crippen molar-refractivity contribution in [3.63, 3.8) is 0 Å². The second-order valence-corrected chi connectivity index (χ2v) is 10.3. The Morgan fingerprint density at radius 2 is 1.78 bits per heavy atom. The Morgan fingerprint density at radius 3 is 2.17 bits per heavy atom. The molecule has 7 heteroatoms. The van der Waals surface area contributed by atoms with Crippen molar-refractivity contribution < 1.29 is 22.3 Å². The molecule has 1 aromatic rings. The molecule has 0 aliphatic rings. The standard InChI is InChI=1S/C16H20F3NO2Si/c1-5-21-14(13-9-7-6-8-10-13)11-15(12-20,16(17,18)19)22-23(2,3)4/h6-11H,5H2,1-4H3/b14-11-. The van der Waals surface area contributed by atoms with Crippen molar-refractivity contribution >= 4 is 14.1 Å². The van der Waals surface area contributed by atoms with Crippen LogP contribution < -0.4 is 0 Å². The topological polar surface area (TPSA) is 42.2 Å². The van der Waals surface area contributed by atoms with Crippen LogP contribution in [0.5, 0.6) is 0 Å². The average molecular weight is 343 g/mol. The van der Waals surface area contributed by atoms with Crippen LogP contribution >= 0.6 is 0 Å². The van der Waals surface area contributed by atoms with E-state index in [1.54, 1.807) is 56.9 Å². The van der Waals surface area contributed by atoms with Crippen LogP contribution in [0, 0.1) is 11.3 Å². The van der Waals surface area contributed by atoms with Crippen LogP contribution in [0.4, 0.5) is 13.2 Å². The van der Waals surface area contributed by atoms with Crippen LogP contribution in [0.25, 0.3) is 5.76 Å². The first-order chi connectivity index (χ1) is 10.5. The van der Waals surface area contributed by atoms with E-state index < -0.39 is 20.1 Å². The summed E-state index contributed by atoms with van der Waals surface area (Å²) in [6, 6.07) is 9.65. The number of rotatable bonds is 6.